The monoisotopic (exact) mass is 317 g/mol. The minimum atomic E-state index is -4.68. The molecular formula is C15H18F3NO3. The summed E-state index contributed by atoms with van der Waals surface area (Å²) in [5.74, 6) is -0.0465. The molecule has 1 aliphatic carbocycles. The normalized spacial score (nSPS) is 16.2. The third kappa shape index (κ3) is 5.55. The molecule has 4 nitrogen and oxygen atoms in total. The van der Waals surface area contributed by atoms with Gasteiger partial charge in [0.25, 0.3) is 0 Å². The van der Waals surface area contributed by atoms with Gasteiger partial charge in [0.15, 0.2) is 0 Å². The Morgan fingerprint density at radius 2 is 1.95 bits per heavy atom. The zero-order valence-corrected chi connectivity index (χ0v) is 12.2. The van der Waals surface area contributed by atoms with Gasteiger partial charge in [0.1, 0.15) is 5.75 Å². The third-order valence-electron chi connectivity index (χ3n) is 3.53. The molecule has 0 radical (unpaired) electrons. The summed E-state index contributed by atoms with van der Waals surface area (Å²) >= 11 is 0. The highest BCUT2D eigenvalue weighted by molar-refractivity contribution is 5.70. The average molecular weight is 317 g/mol. The van der Waals surface area contributed by atoms with Gasteiger partial charge in [0.2, 0.25) is 0 Å². The average Bonchev–Trinajstić information content (AvgIpc) is 3.27. The van der Waals surface area contributed by atoms with Crippen molar-refractivity contribution in [1.82, 2.24) is 5.32 Å². The van der Waals surface area contributed by atoms with Gasteiger partial charge in [0, 0.05) is 12.6 Å². The van der Waals surface area contributed by atoms with Gasteiger partial charge >= 0.3 is 12.3 Å². The van der Waals surface area contributed by atoms with Gasteiger partial charge in [-0.05, 0) is 36.5 Å². The lowest BCUT2D eigenvalue weighted by Crippen LogP contribution is -2.33. The fourth-order valence-corrected chi connectivity index (χ4v) is 2.22. The lowest BCUT2D eigenvalue weighted by atomic mass is 10.1. The Bertz CT molecular complexity index is 498. The fraction of sp³-hybridized carbons (Fsp3) is 0.533. The minimum Gasteiger partial charge on any atom is -0.469 e. The highest BCUT2D eigenvalue weighted by Crippen LogP contribution is 2.34. The second kappa shape index (κ2) is 7.00. The van der Waals surface area contributed by atoms with Gasteiger partial charge in [0.05, 0.1) is 13.5 Å². The molecule has 0 amide bonds. The van der Waals surface area contributed by atoms with Crippen LogP contribution >= 0.6 is 0 Å². The van der Waals surface area contributed by atoms with Crippen LogP contribution in [-0.2, 0) is 16.1 Å². The predicted molar refractivity (Wildman–Crippen MR) is 73.1 cm³/mol. The number of alkyl halides is 3. The van der Waals surface area contributed by atoms with Crippen molar-refractivity contribution in [2.24, 2.45) is 5.92 Å². The molecule has 0 aliphatic heterocycles. The first-order valence-electron chi connectivity index (χ1n) is 7.02. The molecule has 1 aliphatic rings. The summed E-state index contributed by atoms with van der Waals surface area (Å²) in [5, 5.41) is 3.27. The number of carbonyl (C=O) groups is 1. The van der Waals surface area contributed by atoms with Crippen LogP contribution in [0.3, 0.4) is 0 Å². The van der Waals surface area contributed by atoms with Crippen molar-refractivity contribution < 1.29 is 27.4 Å². The predicted octanol–water partition coefficient (Wildman–Crippen LogP) is 3.02. The van der Waals surface area contributed by atoms with Crippen LogP contribution in [0, 0.1) is 5.92 Å². The maximum atomic E-state index is 12.1. The number of nitrogens with one attached hydrogen (secondary N) is 1. The molecule has 7 heteroatoms. The van der Waals surface area contributed by atoms with E-state index in [1.165, 1.54) is 19.2 Å². The number of hydrogen-bond donors (Lipinski definition) is 1. The zero-order chi connectivity index (χ0) is 16.2. The van der Waals surface area contributed by atoms with Gasteiger partial charge < -0.3 is 14.8 Å². The molecule has 122 valence electrons. The van der Waals surface area contributed by atoms with E-state index < -0.39 is 6.36 Å². The third-order valence-corrected chi connectivity index (χ3v) is 3.53. The molecule has 1 unspecified atom stereocenters. The first-order valence-corrected chi connectivity index (χ1v) is 7.02. The minimum absolute atomic E-state index is 0.0403. The van der Waals surface area contributed by atoms with E-state index in [9.17, 15) is 18.0 Å². The molecule has 1 fully saturated rings. The van der Waals surface area contributed by atoms with Crippen molar-refractivity contribution in [3.8, 4) is 5.75 Å². The number of rotatable bonds is 7. The van der Waals surface area contributed by atoms with Crippen LogP contribution in [-0.4, -0.2) is 25.5 Å². The van der Waals surface area contributed by atoms with E-state index in [2.05, 4.69) is 14.8 Å². The number of hydrogen-bond acceptors (Lipinski definition) is 4. The SMILES string of the molecule is COC(=O)CC(NCc1ccc(OC(F)(F)F)cc1)C1CC1. The molecule has 1 aromatic rings. The van der Waals surface area contributed by atoms with Crippen LogP contribution in [0.5, 0.6) is 5.75 Å². The number of methoxy groups -OCH3 is 1. The summed E-state index contributed by atoms with van der Waals surface area (Å²) in [4.78, 5) is 11.4. The maximum absolute atomic E-state index is 12.1. The van der Waals surface area contributed by atoms with E-state index in [0.29, 0.717) is 18.9 Å². The molecule has 0 spiro atoms. The van der Waals surface area contributed by atoms with E-state index in [-0.39, 0.29) is 17.8 Å². The Hall–Kier alpha value is -1.76. The Balaban J connectivity index is 1.86. The molecule has 0 aromatic heterocycles. The van der Waals surface area contributed by atoms with Crippen molar-refractivity contribution >= 4 is 5.97 Å². The van der Waals surface area contributed by atoms with Crippen molar-refractivity contribution in [1.29, 1.82) is 0 Å². The van der Waals surface area contributed by atoms with Gasteiger partial charge in [-0.25, -0.2) is 0 Å². The Kier molecular flexibility index (Phi) is 5.28. The highest BCUT2D eigenvalue weighted by atomic mass is 19.4. The summed E-state index contributed by atoms with van der Waals surface area (Å²) in [6, 6.07) is 5.72. The summed E-state index contributed by atoms with van der Waals surface area (Å²) in [6.07, 6.45) is -2.23. The van der Waals surface area contributed by atoms with Crippen LogP contribution in [0.25, 0.3) is 0 Å². The molecule has 1 atom stereocenters. The summed E-state index contributed by atoms with van der Waals surface area (Å²) in [6.45, 7) is 0.477. The fourth-order valence-electron chi connectivity index (χ4n) is 2.22. The largest absolute Gasteiger partial charge is 0.573 e. The van der Waals surface area contributed by atoms with E-state index in [1.807, 2.05) is 0 Å². The molecule has 22 heavy (non-hydrogen) atoms. The lowest BCUT2D eigenvalue weighted by molar-refractivity contribution is -0.274. The number of benzene rings is 1. The van der Waals surface area contributed by atoms with E-state index in [4.69, 9.17) is 0 Å². The van der Waals surface area contributed by atoms with Gasteiger partial charge in [-0.2, -0.15) is 0 Å². The summed E-state index contributed by atoms with van der Waals surface area (Å²) < 4.78 is 44.7. The van der Waals surface area contributed by atoms with Crippen LogP contribution in [0.2, 0.25) is 0 Å². The zero-order valence-electron chi connectivity index (χ0n) is 12.2. The standard InChI is InChI=1S/C15H18F3NO3/c1-21-14(20)8-13(11-4-5-11)19-9-10-2-6-12(7-3-10)22-15(16,17)18/h2-3,6-7,11,13,19H,4-5,8-9H2,1H3. The Morgan fingerprint density at radius 3 is 2.45 bits per heavy atom. The van der Waals surface area contributed by atoms with E-state index in [1.54, 1.807) is 12.1 Å². The highest BCUT2D eigenvalue weighted by Gasteiger charge is 2.33. The molecule has 1 aromatic carbocycles. The summed E-state index contributed by atoms with van der Waals surface area (Å²) in [5.41, 5.74) is 0.824. The number of ether oxygens (including phenoxy) is 2. The van der Waals surface area contributed by atoms with Crippen molar-refractivity contribution in [3.05, 3.63) is 29.8 Å². The summed E-state index contributed by atoms with van der Waals surface area (Å²) in [7, 11) is 1.35. The maximum Gasteiger partial charge on any atom is 0.573 e. The molecule has 1 N–H and O–H groups in total. The molecule has 2 rings (SSSR count). The van der Waals surface area contributed by atoms with Gasteiger partial charge in [-0.3, -0.25) is 4.79 Å². The van der Waals surface area contributed by atoms with Gasteiger partial charge in [-0.15, -0.1) is 13.2 Å². The smallest absolute Gasteiger partial charge is 0.469 e. The van der Waals surface area contributed by atoms with E-state index >= 15 is 0 Å². The second-order valence-electron chi connectivity index (χ2n) is 5.30. The van der Waals surface area contributed by atoms with Crippen LogP contribution < -0.4 is 10.1 Å². The number of esters is 1. The molecule has 0 heterocycles. The Labute approximate surface area is 126 Å². The van der Waals surface area contributed by atoms with Crippen molar-refractivity contribution in [2.75, 3.05) is 7.11 Å². The topological polar surface area (TPSA) is 47.6 Å². The number of halogens is 3. The van der Waals surface area contributed by atoms with Crippen molar-refractivity contribution in [2.45, 2.75) is 38.2 Å². The second-order valence-corrected chi connectivity index (χ2v) is 5.30. The van der Waals surface area contributed by atoms with Crippen LogP contribution in [0.4, 0.5) is 13.2 Å². The van der Waals surface area contributed by atoms with Crippen molar-refractivity contribution in [3.63, 3.8) is 0 Å². The quantitative estimate of drug-likeness (QED) is 0.785. The van der Waals surface area contributed by atoms with Crippen LogP contribution in [0.1, 0.15) is 24.8 Å². The molecule has 0 saturated heterocycles. The first kappa shape index (κ1) is 16.6. The van der Waals surface area contributed by atoms with E-state index in [0.717, 1.165) is 18.4 Å². The first-order chi connectivity index (χ1) is 10.4. The molecular weight excluding hydrogens is 299 g/mol. The van der Waals surface area contributed by atoms with Crippen LogP contribution in [0.15, 0.2) is 24.3 Å². The molecule has 0 bridgehead atoms. The lowest BCUT2D eigenvalue weighted by Gasteiger charge is -2.17. The van der Waals surface area contributed by atoms with Gasteiger partial charge in [-0.1, -0.05) is 12.1 Å². The number of carbonyl (C=O) groups excluding carboxylic acids is 1. The Morgan fingerprint density at radius 1 is 1.32 bits per heavy atom. The molecule has 1 saturated carbocycles.